The summed E-state index contributed by atoms with van der Waals surface area (Å²) in [4.78, 5) is 0. The maximum atomic E-state index is 5.48. The van der Waals surface area contributed by atoms with Gasteiger partial charge in [0, 0.05) is 19.6 Å². The van der Waals surface area contributed by atoms with E-state index < -0.39 is 0 Å². The van der Waals surface area contributed by atoms with Crippen molar-refractivity contribution in [2.45, 2.75) is 52.4 Å². The average molecular weight is 242 g/mol. The van der Waals surface area contributed by atoms with Gasteiger partial charge in [0.15, 0.2) is 0 Å². The summed E-state index contributed by atoms with van der Waals surface area (Å²) in [5.74, 6) is 1.69. The number of hydrogen-bond donors (Lipinski definition) is 0. The molecule has 0 aromatic heterocycles. The molecule has 1 fully saturated rings. The van der Waals surface area contributed by atoms with E-state index in [1.54, 1.807) is 0 Å². The Bertz CT molecular complexity index is 191. The molecule has 0 heterocycles. The van der Waals surface area contributed by atoms with Gasteiger partial charge in [0.2, 0.25) is 0 Å². The van der Waals surface area contributed by atoms with Gasteiger partial charge < -0.3 is 9.47 Å². The third-order valence-corrected chi connectivity index (χ3v) is 4.10. The molecule has 0 aliphatic heterocycles. The number of methoxy groups -OCH3 is 2. The Morgan fingerprint density at radius 3 is 2.06 bits per heavy atom. The molecule has 17 heavy (non-hydrogen) atoms. The fourth-order valence-corrected chi connectivity index (χ4v) is 2.92. The largest absolute Gasteiger partial charge is 0.384 e. The molecule has 0 aromatic rings. The van der Waals surface area contributed by atoms with Crippen LogP contribution >= 0.6 is 0 Å². The predicted molar refractivity (Wildman–Crippen MR) is 72.2 cm³/mol. The van der Waals surface area contributed by atoms with E-state index in [1.165, 1.54) is 38.5 Å². The van der Waals surface area contributed by atoms with E-state index in [0.29, 0.717) is 0 Å². The van der Waals surface area contributed by atoms with Crippen LogP contribution in [0.1, 0.15) is 52.4 Å². The van der Waals surface area contributed by atoms with Crippen molar-refractivity contribution in [3.63, 3.8) is 0 Å². The van der Waals surface area contributed by atoms with Crippen LogP contribution in [0.4, 0.5) is 0 Å². The van der Waals surface area contributed by atoms with Gasteiger partial charge in [-0.25, -0.2) is 0 Å². The van der Waals surface area contributed by atoms with Crippen LogP contribution in [0.2, 0.25) is 0 Å². The second-order valence-corrected chi connectivity index (χ2v) is 6.30. The summed E-state index contributed by atoms with van der Waals surface area (Å²) >= 11 is 0. The monoisotopic (exact) mass is 242 g/mol. The van der Waals surface area contributed by atoms with E-state index in [4.69, 9.17) is 9.47 Å². The highest BCUT2D eigenvalue weighted by atomic mass is 16.5. The fraction of sp³-hybridized carbons (Fsp3) is 1.00. The van der Waals surface area contributed by atoms with Gasteiger partial charge in [0.05, 0.1) is 13.2 Å². The fourth-order valence-electron chi connectivity index (χ4n) is 2.92. The molecule has 102 valence electrons. The normalized spacial score (nSPS) is 17.5. The van der Waals surface area contributed by atoms with Crippen LogP contribution in [-0.4, -0.2) is 27.4 Å². The minimum Gasteiger partial charge on any atom is -0.384 e. The number of hydrogen-bond acceptors (Lipinski definition) is 2. The van der Waals surface area contributed by atoms with E-state index in [0.717, 1.165) is 25.0 Å². The number of rotatable bonds is 9. The van der Waals surface area contributed by atoms with Gasteiger partial charge in [-0.3, -0.25) is 0 Å². The van der Waals surface area contributed by atoms with Gasteiger partial charge in [0.25, 0.3) is 0 Å². The maximum absolute atomic E-state index is 5.48. The van der Waals surface area contributed by atoms with Crippen molar-refractivity contribution in [1.82, 2.24) is 0 Å². The average Bonchev–Trinajstić information content (AvgIpc) is 2.21. The van der Waals surface area contributed by atoms with Gasteiger partial charge in [-0.15, -0.1) is 0 Å². The summed E-state index contributed by atoms with van der Waals surface area (Å²) in [7, 11) is 3.64. The van der Waals surface area contributed by atoms with Crippen molar-refractivity contribution >= 4 is 0 Å². The predicted octanol–water partition coefficient (Wildman–Crippen LogP) is 3.89. The molecule has 0 spiro atoms. The molecule has 0 N–H and O–H groups in total. The van der Waals surface area contributed by atoms with Crippen LogP contribution in [0.25, 0.3) is 0 Å². The zero-order valence-electron chi connectivity index (χ0n) is 12.1. The molecule has 0 atom stereocenters. The molecular formula is C15H30O2. The van der Waals surface area contributed by atoms with Gasteiger partial charge >= 0.3 is 0 Å². The Morgan fingerprint density at radius 1 is 1.12 bits per heavy atom. The first-order valence-corrected chi connectivity index (χ1v) is 7.10. The van der Waals surface area contributed by atoms with E-state index in [1.807, 2.05) is 14.2 Å². The first-order valence-electron chi connectivity index (χ1n) is 7.10. The highest BCUT2D eigenvalue weighted by Crippen LogP contribution is 2.41. The van der Waals surface area contributed by atoms with Gasteiger partial charge in [-0.2, -0.15) is 0 Å². The Balaban J connectivity index is 2.55. The Labute approximate surface area is 107 Å². The quantitative estimate of drug-likeness (QED) is 0.610. The minimum absolute atomic E-state index is 0.263. The van der Waals surface area contributed by atoms with Crippen molar-refractivity contribution in [3.8, 4) is 0 Å². The summed E-state index contributed by atoms with van der Waals surface area (Å²) in [6.07, 6.45) is 8.06. The topological polar surface area (TPSA) is 18.5 Å². The SMILES string of the molecule is COCC(CCC(C)C)(COC)CC1CCC1. The summed E-state index contributed by atoms with van der Waals surface area (Å²) < 4.78 is 11.0. The van der Waals surface area contributed by atoms with E-state index in [2.05, 4.69) is 13.8 Å². The standard InChI is InChI=1S/C15H30O2/c1-13(2)8-9-15(11-16-3,12-17-4)10-14-6-5-7-14/h13-14H,5-12H2,1-4H3. The van der Waals surface area contributed by atoms with Crippen molar-refractivity contribution in [2.75, 3.05) is 27.4 Å². The molecule has 0 radical (unpaired) electrons. The van der Waals surface area contributed by atoms with Crippen LogP contribution < -0.4 is 0 Å². The van der Waals surface area contributed by atoms with Gasteiger partial charge in [0.1, 0.15) is 0 Å². The molecule has 2 nitrogen and oxygen atoms in total. The molecule has 2 heteroatoms. The van der Waals surface area contributed by atoms with Crippen LogP contribution in [0.5, 0.6) is 0 Å². The molecule has 0 bridgehead atoms. The third kappa shape index (κ3) is 4.97. The smallest absolute Gasteiger partial charge is 0.0540 e. The van der Waals surface area contributed by atoms with E-state index in [9.17, 15) is 0 Å². The molecule has 1 saturated carbocycles. The molecule has 0 aromatic carbocycles. The van der Waals surface area contributed by atoms with Crippen LogP contribution in [0.15, 0.2) is 0 Å². The molecular weight excluding hydrogens is 212 g/mol. The summed E-state index contributed by atoms with van der Waals surface area (Å²) in [6, 6.07) is 0. The van der Waals surface area contributed by atoms with Gasteiger partial charge in [-0.1, -0.05) is 39.5 Å². The summed E-state index contributed by atoms with van der Waals surface area (Å²) in [6.45, 7) is 6.30. The van der Waals surface area contributed by atoms with Crippen LogP contribution in [0.3, 0.4) is 0 Å². The second kappa shape index (κ2) is 7.38. The summed E-state index contributed by atoms with van der Waals surface area (Å²) in [5.41, 5.74) is 0.263. The maximum Gasteiger partial charge on any atom is 0.0540 e. The zero-order valence-corrected chi connectivity index (χ0v) is 12.1. The second-order valence-electron chi connectivity index (χ2n) is 6.30. The number of ether oxygens (including phenoxy) is 2. The lowest BCUT2D eigenvalue weighted by Crippen LogP contribution is -2.36. The zero-order chi connectivity index (χ0) is 12.7. The molecule has 0 amide bonds. The Hall–Kier alpha value is -0.0800. The van der Waals surface area contributed by atoms with Crippen molar-refractivity contribution in [3.05, 3.63) is 0 Å². The highest BCUT2D eigenvalue weighted by molar-refractivity contribution is 4.85. The van der Waals surface area contributed by atoms with Crippen molar-refractivity contribution in [1.29, 1.82) is 0 Å². The van der Waals surface area contributed by atoms with Crippen LogP contribution in [0, 0.1) is 17.3 Å². The lowest BCUT2D eigenvalue weighted by atomic mass is 9.70. The lowest BCUT2D eigenvalue weighted by Gasteiger charge is -2.39. The molecule has 1 aliphatic carbocycles. The van der Waals surface area contributed by atoms with Crippen LogP contribution in [-0.2, 0) is 9.47 Å². The molecule has 1 rings (SSSR count). The summed E-state index contributed by atoms with van der Waals surface area (Å²) in [5, 5.41) is 0. The lowest BCUT2D eigenvalue weighted by molar-refractivity contribution is -0.0222. The minimum atomic E-state index is 0.263. The van der Waals surface area contributed by atoms with Crippen molar-refractivity contribution in [2.24, 2.45) is 17.3 Å². The van der Waals surface area contributed by atoms with E-state index in [-0.39, 0.29) is 5.41 Å². The van der Waals surface area contributed by atoms with Crippen molar-refractivity contribution < 1.29 is 9.47 Å². The first kappa shape index (κ1) is 15.0. The Morgan fingerprint density at radius 2 is 1.71 bits per heavy atom. The van der Waals surface area contributed by atoms with E-state index >= 15 is 0 Å². The third-order valence-electron chi connectivity index (χ3n) is 4.10. The Kier molecular flexibility index (Phi) is 6.50. The van der Waals surface area contributed by atoms with Gasteiger partial charge in [-0.05, 0) is 24.7 Å². The first-order chi connectivity index (χ1) is 8.12. The molecule has 0 saturated heterocycles. The molecule has 0 unspecified atom stereocenters. The highest BCUT2D eigenvalue weighted by Gasteiger charge is 2.35. The molecule has 1 aliphatic rings.